The molecule has 0 amide bonds. The fourth-order valence-electron chi connectivity index (χ4n) is 2.59. The van der Waals surface area contributed by atoms with Crippen LogP contribution < -0.4 is 4.74 Å². The van der Waals surface area contributed by atoms with Crippen LogP contribution in [0, 0.1) is 5.92 Å². The largest absolute Gasteiger partial charge is 0.425 e. The number of esters is 1. The molecule has 1 atom stereocenters. The van der Waals surface area contributed by atoms with Crippen molar-refractivity contribution in [3.63, 3.8) is 0 Å². The van der Waals surface area contributed by atoms with Gasteiger partial charge in [-0.05, 0) is 47.0 Å². The molecule has 1 unspecified atom stereocenters. The van der Waals surface area contributed by atoms with E-state index in [2.05, 4.69) is 20.9 Å². The molecular formula is C16H14BrNO3. The van der Waals surface area contributed by atoms with E-state index in [1.54, 1.807) is 12.3 Å². The molecule has 4 nitrogen and oxygen atoms in total. The number of benzene rings is 1. The van der Waals surface area contributed by atoms with E-state index in [0.29, 0.717) is 29.5 Å². The number of halogens is 1. The zero-order valence-corrected chi connectivity index (χ0v) is 12.9. The lowest BCUT2D eigenvalue weighted by molar-refractivity contribution is -0.142. The van der Waals surface area contributed by atoms with Crippen LogP contribution in [-0.2, 0) is 9.59 Å². The van der Waals surface area contributed by atoms with Crippen molar-refractivity contribution in [1.29, 1.82) is 0 Å². The minimum absolute atomic E-state index is 0.141. The molecular weight excluding hydrogens is 334 g/mol. The van der Waals surface area contributed by atoms with Crippen LogP contribution in [0.3, 0.4) is 0 Å². The summed E-state index contributed by atoms with van der Waals surface area (Å²) in [5.41, 5.74) is 0.752. The molecule has 1 saturated carbocycles. The van der Waals surface area contributed by atoms with Crippen LogP contribution in [0.15, 0.2) is 34.9 Å². The molecule has 108 valence electrons. The molecule has 21 heavy (non-hydrogen) atoms. The summed E-state index contributed by atoms with van der Waals surface area (Å²) in [4.78, 5) is 27.9. The number of pyridine rings is 1. The lowest BCUT2D eigenvalue weighted by Crippen LogP contribution is -2.26. The Morgan fingerprint density at radius 3 is 3.00 bits per heavy atom. The summed E-state index contributed by atoms with van der Waals surface area (Å²) in [7, 11) is 0. The normalized spacial score (nSPS) is 18.7. The molecule has 1 aromatic heterocycles. The number of fused-ring (bicyclic) bond motifs is 1. The summed E-state index contributed by atoms with van der Waals surface area (Å²) in [5, 5.41) is 0.969. The molecule has 1 aromatic carbocycles. The average Bonchev–Trinajstić information content (AvgIpc) is 2.50. The highest BCUT2D eigenvalue weighted by Gasteiger charge is 2.27. The smallest absolute Gasteiger partial charge is 0.314 e. The molecule has 0 N–H and O–H groups in total. The highest BCUT2D eigenvalue weighted by atomic mass is 79.9. The number of aromatic nitrogens is 1. The van der Waals surface area contributed by atoms with E-state index >= 15 is 0 Å². The summed E-state index contributed by atoms with van der Waals surface area (Å²) >= 11 is 3.44. The second-order valence-electron chi connectivity index (χ2n) is 5.21. The Balaban J connectivity index is 1.83. The van der Waals surface area contributed by atoms with E-state index in [1.807, 2.05) is 18.2 Å². The van der Waals surface area contributed by atoms with Gasteiger partial charge in [0, 0.05) is 24.4 Å². The third-order valence-electron chi connectivity index (χ3n) is 3.70. The van der Waals surface area contributed by atoms with Crippen molar-refractivity contribution in [2.24, 2.45) is 5.92 Å². The lowest BCUT2D eigenvalue weighted by atomic mass is 9.88. The Hall–Kier alpha value is -1.75. The van der Waals surface area contributed by atoms with Gasteiger partial charge in [-0.1, -0.05) is 6.07 Å². The Kier molecular flexibility index (Phi) is 4.01. The first-order chi connectivity index (χ1) is 10.1. The number of Topliss-reactive ketones (excluding diaryl/α,β-unsaturated/α-hetero) is 1. The van der Waals surface area contributed by atoms with Crippen LogP contribution in [0.4, 0.5) is 0 Å². The summed E-state index contributed by atoms with van der Waals surface area (Å²) in [6.45, 7) is 0. The molecule has 5 heteroatoms. The van der Waals surface area contributed by atoms with Gasteiger partial charge in [0.2, 0.25) is 0 Å². The van der Waals surface area contributed by atoms with E-state index in [-0.39, 0.29) is 17.7 Å². The Morgan fingerprint density at radius 1 is 1.33 bits per heavy atom. The SMILES string of the molecule is O=C1CCCC(C(=O)Oc2ccc3cccnc3c2Br)C1. The zero-order chi connectivity index (χ0) is 14.8. The third-order valence-corrected chi connectivity index (χ3v) is 4.47. The molecule has 0 aliphatic heterocycles. The third kappa shape index (κ3) is 2.97. The van der Waals surface area contributed by atoms with Crippen LogP contribution in [-0.4, -0.2) is 16.7 Å². The molecule has 0 bridgehead atoms. The summed E-state index contributed by atoms with van der Waals surface area (Å²) < 4.78 is 6.13. The van der Waals surface area contributed by atoms with Crippen molar-refractivity contribution in [2.75, 3.05) is 0 Å². The number of rotatable bonds is 2. The molecule has 1 aliphatic rings. The number of carbonyl (C=O) groups is 2. The van der Waals surface area contributed by atoms with Crippen LogP contribution >= 0.6 is 15.9 Å². The second-order valence-corrected chi connectivity index (χ2v) is 6.00. The van der Waals surface area contributed by atoms with Gasteiger partial charge in [0.1, 0.15) is 11.5 Å². The minimum Gasteiger partial charge on any atom is -0.425 e. The van der Waals surface area contributed by atoms with Crippen molar-refractivity contribution >= 4 is 38.6 Å². The van der Waals surface area contributed by atoms with Gasteiger partial charge in [-0.25, -0.2) is 0 Å². The fourth-order valence-corrected chi connectivity index (χ4v) is 3.13. The van der Waals surface area contributed by atoms with Gasteiger partial charge in [0.15, 0.2) is 0 Å². The van der Waals surface area contributed by atoms with Gasteiger partial charge in [-0.15, -0.1) is 0 Å². The van der Waals surface area contributed by atoms with E-state index in [0.717, 1.165) is 17.3 Å². The summed E-state index contributed by atoms with van der Waals surface area (Å²) in [6, 6.07) is 7.41. The summed E-state index contributed by atoms with van der Waals surface area (Å²) in [5.74, 6) is -0.0664. The maximum absolute atomic E-state index is 12.2. The van der Waals surface area contributed by atoms with Crippen molar-refractivity contribution in [1.82, 2.24) is 4.98 Å². The van der Waals surface area contributed by atoms with Crippen molar-refractivity contribution < 1.29 is 14.3 Å². The monoisotopic (exact) mass is 347 g/mol. The Labute approximate surface area is 130 Å². The molecule has 1 aliphatic carbocycles. The van der Waals surface area contributed by atoms with Crippen molar-refractivity contribution in [3.05, 3.63) is 34.9 Å². The maximum atomic E-state index is 12.2. The molecule has 3 rings (SSSR count). The van der Waals surface area contributed by atoms with Gasteiger partial charge < -0.3 is 4.74 Å². The van der Waals surface area contributed by atoms with E-state index in [9.17, 15) is 9.59 Å². The number of hydrogen-bond acceptors (Lipinski definition) is 4. The Morgan fingerprint density at radius 2 is 2.19 bits per heavy atom. The molecule has 1 heterocycles. The van der Waals surface area contributed by atoms with Crippen LogP contribution in [0.2, 0.25) is 0 Å². The Bertz CT molecular complexity index is 714. The highest BCUT2D eigenvalue weighted by molar-refractivity contribution is 9.10. The highest BCUT2D eigenvalue weighted by Crippen LogP contribution is 2.33. The predicted octanol–water partition coefficient (Wildman–Crippen LogP) is 3.66. The van der Waals surface area contributed by atoms with Crippen molar-refractivity contribution in [2.45, 2.75) is 25.7 Å². The van der Waals surface area contributed by atoms with Crippen LogP contribution in [0.5, 0.6) is 5.75 Å². The van der Waals surface area contributed by atoms with E-state index < -0.39 is 0 Å². The zero-order valence-electron chi connectivity index (χ0n) is 11.3. The number of ether oxygens (including phenoxy) is 1. The second kappa shape index (κ2) is 5.93. The molecule has 0 spiro atoms. The van der Waals surface area contributed by atoms with Gasteiger partial charge in [-0.2, -0.15) is 0 Å². The quantitative estimate of drug-likeness (QED) is 0.614. The van der Waals surface area contributed by atoms with Crippen LogP contribution in [0.1, 0.15) is 25.7 Å². The predicted molar refractivity (Wildman–Crippen MR) is 82.0 cm³/mol. The van der Waals surface area contributed by atoms with Gasteiger partial charge >= 0.3 is 5.97 Å². The first kappa shape index (κ1) is 14.2. The molecule has 1 fully saturated rings. The maximum Gasteiger partial charge on any atom is 0.314 e. The number of nitrogens with zero attached hydrogens (tertiary/aromatic N) is 1. The molecule has 2 aromatic rings. The number of carbonyl (C=O) groups excluding carboxylic acids is 2. The average molecular weight is 348 g/mol. The first-order valence-electron chi connectivity index (χ1n) is 6.92. The first-order valence-corrected chi connectivity index (χ1v) is 7.71. The van der Waals surface area contributed by atoms with Gasteiger partial charge in [0.25, 0.3) is 0 Å². The van der Waals surface area contributed by atoms with E-state index in [1.165, 1.54) is 0 Å². The van der Waals surface area contributed by atoms with E-state index in [4.69, 9.17) is 4.74 Å². The topological polar surface area (TPSA) is 56.3 Å². The standard InChI is InChI=1S/C16H14BrNO3/c17-14-13(7-6-10-4-2-8-18-15(10)14)21-16(20)11-3-1-5-12(19)9-11/h2,4,6-8,11H,1,3,5,9H2. The number of ketones is 1. The van der Waals surface area contributed by atoms with Gasteiger partial charge in [-0.3, -0.25) is 14.6 Å². The van der Waals surface area contributed by atoms with Crippen LogP contribution in [0.25, 0.3) is 10.9 Å². The minimum atomic E-state index is -0.334. The van der Waals surface area contributed by atoms with Crippen molar-refractivity contribution in [3.8, 4) is 5.75 Å². The summed E-state index contributed by atoms with van der Waals surface area (Å²) in [6.07, 6.45) is 4.04. The molecule has 0 radical (unpaired) electrons. The number of hydrogen-bond donors (Lipinski definition) is 0. The van der Waals surface area contributed by atoms with Gasteiger partial charge in [0.05, 0.1) is 15.9 Å². The molecule has 0 saturated heterocycles. The fraction of sp³-hybridized carbons (Fsp3) is 0.312. The lowest BCUT2D eigenvalue weighted by Gasteiger charge is -2.19.